The van der Waals surface area contributed by atoms with Gasteiger partial charge in [0.2, 0.25) is 0 Å². The Morgan fingerprint density at radius 3 is 2.63 bits per heavy atom. The topological polar surface area (TPSA) is 24.5 Å². The number of ether oxygens (including phenoxy) is 1. The van der Waals surface area contributed by atoms with Gasteiger partial charge in [-0.3, -0.25) is 4.90 Å². The van der Waals surface area contributed by atoms with Crippen molar-refractivity contribution in [3.63, 3.8) is 0 Å². The largest absolute Gasteiger partial charge is 0.376 e. The first-order valence-electron chi connectivity index (χ1n) is 8.29. The van der Waals surface area contributed by atoms with Crippen LogP contribution in [0.5, 0.6) is 0 Å². The first-order valence-corrected chi connectivity index (χ1v) is 8.29. The SMILES string of the molecule is CC.CCN1CCO[C@H](CCCCCNC(C)C)C1.[HH]. The maximum atomic E-state index is 5.80. The van der Waals surface area contributed by atoms with Crippen molar-refractivity contribution in [2.45, 2.75) is 72.4 Å². The molecule has 0 spiro atoms. The number of morpholine rings is 1. The average molecular weight is 274 g/mol. The summed E-state index contributed by atoms with van der Waals surface area (Å²) < 4.78 is 5.80. The summed E-state index contributed by atoms with van der Waals surface area (Å²) in [7, 11) is 0. The van der Waals surface area contributed by atoms with Crippen LogP contribution in [0, 0.1) is 0 Å². The zero-order valence-electron chi connectivity index (χ0n) is 13.9. The fraction of sp³-hybridized carbons (Fsp3) is 1.00. The predicted molar refractivity (Wildman–Crippen MR) is 86.9 cm³/mol. The van der Waals surface area contributed by atoms with E-state index in [2.05, 4.69) is 31.0 Å². The zero-order chi connectivity index (χ0) is 14.5. The van der Waals surface area contributed by atoms with E-state index in [1.54, 1.807) is 0 Å². The van der Waals surface area contributed by atoms with Gasteiger partial charge in [-0.05, 0) is 25.9 Å². The number of nitrogens with zero attached hydrogens (tertiary/aromatic N) is 1. The lowest BCUT2D eigenvalue weighted by atomic mass is 10.1. The highest BCUT2D eigenvalue weighted by Gasteiger charge is 2.18. The summed E-state index contributed by atoms with van der Waals surface area (Å²) in [5, 5.41) is 3.46. The first kappa shape index (κ1) is 18.9. The molecule has 0 radical (unpaired) electrons. The second-order valence-corrected chi connectivity index (χ2v) is 5.34. The molecule has 0 aromatic rings. The number of unbranched alkanes of at least 4 members (excludes halogenated alkanes) is 2. The molecule has 1 N–H and O–H groups in total. The Bertz CT molecular complexity index is 191. The molecule has 1 aliphatic heterocycles. The van der Waals surface area contributed by atoms with Gasteiger partial charge in [-0.1, -0.05) is 47.5 Å². The van der Waals surface area contributed by atoms with Gasteiger partial charge in [0.05, 0.1) is 12.7 Å². The lowest BCUT2D eigenvalue weighted by molar-refractivity contribution is -0.0312. The van der Waals surface area contributed by atoms with E-state index in [-0.39, 0.29) is 1.43 Å². The van der Waals surface area contributed by atoms with Crippen molar-refractivity contribution in [2.24, 2.45) is 0 Å². The molecule has 1 rings (SSSR count). The van der Waals surface area contributed by atoms with Crippen LogP contribution in [0.1, 0.15) is 61.7 Å². The number of nitrogens with one attached hydrogen (secondary N) is 1. The standard InChI is InChI=1S/C14H30N2O.C2H6.H2/c1-4-16-10-11-17-14(12-16)8-6-5-7-9-15-13(2)3;1-2;/h13-15H,4-12H2,1-3H3;1-2H3;1H/t14-;;/m1../s1. The van der Waals surface area contributed by atoms with Crippen LogP contribution in [0.2, 0.25) is 0 Å². The van der Waals surface area contributed by atoms with Gasteiger partial charge in [0.1, 0.15) is 0 Å². The molecule has 0 aliphatic carbocycles. The van der Waals surface area contributed by atoms with Crippen molar-refractivity contribution in [3.05, 3.63) is 0 Å². The van der Waals surface area contributed by atoms with Gasteiger partial charge in [0.15, 0.2) is 0 Å². The number of rotatable bonds is 8. The monoisotopic (exact) mass is 274 g/mol. The minimum atomic E-state index is 0. The van der Waals surface area contributed by atoms with E-state index in [9.17, 15) is 0 Å². The van der Waals surface area contributed by atoms with Crippen molar-refractivity contribution < 1.29 is 6.16 Å². The van der Waals surface area contributed by atoms with Gasteiger partial charge < -0.3 is 10.1 Å². The van der Waals surface area contributed by atoms with Gasteiger partial charge in [0, 0.05) is 20.6 Å². The molecular formula is C16H38N2O. The van der Waals surface area contributed by atoms with Gasteiger partial charge >= 0.3 is 0 Å². The molecule has 3 nitrogen and oxygen atoms in total. The zero-order valence-corrected chi connectivity index (χ0v) is 13.9. The summed E-state index contributed by atoms with van der Waals surface area (Å²) in [5.74, 6) is 0. The van der Waals surface area contributed by atoms with E-state index in [0.29, 0.717) is 12.1 Å². The smallest absolute Gasteiger partial charge is 0.0702 e. The highest BCUT2D eigenvalue weighted by molar-refractivity contribution is 4.70. The van der Waals surface area contributed by atoms with Crippen LogP contribution in [-0.4, -0.2) is 49.8 Å². The van der Waals surface area contributed by atoms with E-state index in [4.69, 9.17) is 4.74 Å². The number of hydrogen-bond acceptors (Lipinski definition) is 3. The average Bonchev–Trinajstić information content (AvgIpc) is 2.45. The molecule has 1 atom stereocenters. The maximum absolute atomic E-state index is 5.80. The fourth-order valence-corrected chi connectivity index (χ4v) is 2.31. The minimum Gasteiger partial charge on any atom is -0.376 e. The van der Waals surface area contributed by atoms with Gasteiger partial charge in [-0.2, -0.15) is 0 Å². The van der Waals surface area contributed by atoms with Crippen LogP contribution in [0.3, 0.4) is 0 Å². The van der Waals surface area contributed by atoms with Crippen molar-refractivity contribution in [1.82, 2.24) is 10.2 Å². The lowest BCUT2D eigenvalue weighted by Crippen LogP contribution is -2.42. The molecule has 0 unspecified atom stereocenters. The van der Waals surface area contributed by atoms with Crippen LogP contribution in [-0.2, 0) is 4.74 Å². The molecule has 1 heterocycles. The van der Waals surface area contributed by atoms with Crippen LogP contribution < -0.4 is 5.32 Å². The molecule has 0 aromatic heterocycles. The number of hydrogen-bond donors (Lipinski definition) is 1. The fourth-order valence-electron chi connectivity index (χ4n) is 2.31. The van der Waals surface area contributed by atoms with Crippen molar-refractivity contribution in [2.75, 3.05) is 32.8 Å². The quantitative estimate of drug-likeness (QED) is 0.685. The summed E-state index contributed by atoms with van der Waals surface area (Å²) in [6.45, 7) is 16.1. The van der Waals surface area contributed by atoms with Crippen LogP contribution in [0.4, 0.5) is 0 Å². The summed E-state index contributed by atoms with van der Waals surface area (Å²) >= 11 is 0. The lowest BCUT2D eigenvalue weighted by Gasteiger charge is -2.32. The van der Waals surface area contributed by atoms with Crippen molar-refractivity contribution in [3.8, 4) is 0 Å². The predicted octanol–water partition coefficient (Wildman–Crippen LogP) is 3.54. The number of likely N-dealkylation sites (N-methyl/N-ethyl adjacent to an activating group) is 1. The molecule has 0 aromatic carbocycles. The third-order valence-electron chi connectivity index (χ3n) is 3.43. The van der Waals surface area contributed by atoms with Crippen molar-refractivity contribution in [1.29, 1.82) is 0 Å². The minimum absolute atomic E-state index is 0. The maximum Gasteiger partial charge on any atom is 0.0702 e. The van der Waals surface area contributed by atoms with E-state index in [1.807, 2.05) is 13.8 Å². The Morgan fingerprint density at radius 2 is 2.00 bits per heavy atom. The summed E-state index contributed by atoms with van der Waals surface area (Å²) in [6.07, 6.45) is 5.65. The Labute approximate surface area is 122 Å². The van der Waals surface area contributed by atoms with Crippen LogP contribution in [0.15, 0.2) is 0 Å². The van der Waals surface area contributed by atoms with Gasteiger partial charge in [-0.25, -0.2) is 0 Å². The Morgan fingerprint density at radius 1 is 1.26 bits per heavy atom. The molecular weight excluding hydrogens is 236 g/mol. The summed E-state index contributed by atoms with van der Waals surface area (Å²) in [6, 6.07) is 0.620. The van der Waals surface area contributed by atoms with E-state index >= 15 is 0 Å². The molecule has 118 valence electrons. The normalized spacial score (nSPS) is 20.2. The Hall–Kier alpha value is -0.120. The van der Waals surface area contributed by atoms with E-state index < -0.39 is 0 Å². The van der Waals surface area contributed by atoms with Crippen LogP contribution >= 0.6 is 0 Å². The van der Waals surface area contributed by atoms with Crippen LogP contribution in [0.25, 0.3) is 0 Å². The van der Waals surface area contributed by atoms with Crippen molar-refractivity contribution >= 4 is 0 Å². The second-order valence-electron chi connectivity index (χ2n) is 5.34. The molecule has 0 amide bonds. The van der Waals surface area contributed by atoms with Gasteiger partial charge in [-0.15, -0.1) is 0 Å². The van der Waals surface area contributed by atoms with E-state index in [1.165, 1.54) is 25.7 Å². The highest BCUT2D eigenvalue weighted by Crippen LogP contribution is 2.12. The highest BCUT2D eigenvalue weighted by atomic mass is 16.5. The first-order chi connectivity index (χ1) is 9.22. The molecule has 1 saturated heterocycles. The third-order valence-corrected chi connectivity index (χ3v) is 3.43. The molecule has 0 saturated carbocycles. The Balaban J connectivity index is 0. The molecule has 0 bridgehead atoms. The molecule has 19 heavy (non-hydrogen) atoms. The summed E-state index contributed by atoms with van der Waals surface area (Å²) in [4.78, 5) is 2.49. The molecule has 1 aliphatic rings. The molecule has 3 heteroatoms. The summed E-state index contributed by atoms with van der Waals surface area (Å²) in [5.41, 5.74) is 0. The van der Waals surface area contributed by atoms with E-state index in [0.717, 1.165) is 32.8 Å². The second kappa shape index (κ2) is 12.9. The third kappa shape index (κ3) is 10.3. The molecule has 1 fully saturated rings. The Kier molecular flexibility index (Phi) is 12.8. The van der Waals surface area contributed by atoms with Gasteiger partial charge in [0.25, 0.3) is 0 Å².